The number of carbonyl (C=O) groups excluding carboxylic acids is 1. The minimum absolute atomic E-state index is 0.0670. The van der Waals surface area contributed by atoms with Gasteiger partial charge < -0.3 is 19.4 Å². The van der Waals surface area contributed by atoms with E-state index in [2.05, 4.69) is 5.32 Å². The normalized spacial score (nSPS) is 25.9. The zero-order valence-corrected chi connectivity index (χ0v) is 13.3. The molecule has 0 spiro atoms. The molecule has 0 aromatic carbocycles. The Morgan fingerprint density at radius 3 is 2.74 bits per heavy atom. The second kappa shape index (κ2) is 7.75. The van der Waals surface area contributed by atoms with Gasteiger partial charge in [0.1, 0.15) is 6.54 Å². The molecule has 0 saturated carbocycles. The summed E-state index contributed by atoms with van der Waals surface area (Å²) >= 11 is 0. The van der Waals surface area contributed by atoms with E-state index in [0.717, 1.165) is 32.5 Å². The van der Waals surface area contributed by atoms with E-state index in [0.29, 0.717) is 25.0 Å². The molecule has 0 bridgehead atoms. The van der Waals surface area contributed by atoms with Crippen LogP contribution in [0.5, 0.6) is 0 Å². The van der Waals surface area contributed by atoms with Crippen molar-refractivity contribution in [2.75, 3.05) is 26.4 Å². The van der Waals surface area contributed by atoms with Crippen LogP contribution in [-0.4, -0.2) is 42.9 Å². The van der Waals surface area contributed by atoms with Gasteiger partial charge in [0.25, 0.3) is 5.56 Å². The van der Waals surface area contributed by atoms with Crippen LogP contribution in [0, 0.1) is 11.8 Å². The molecular formula is C17H24N2O4. The van der Waals surface area contributed by atoms with Crippen LogP contribution < -0.4 is 10.9 Å². The van der Waals surface area contributed by atoms with Crippen molar-refractivity contribution in [3.8, 4) is 0 Å². The van der Waals surface area contributed by atoms with Gasteiger partial charge in [-0.05, 0) is 31.2 Å². The van der Waals surface area contributed by atoms with Crippen LogP contribution in [0.2, 0.25) is 0 Å². The average Bonchev–Trinajstić information content (AvgIpc) is 2.58. The topological polar surface area (TPSA) is 69.6 Å². The zero-order chi connectivity index (χ0) is 16.1. The van der Waals surface area contributed by atoms with Gasteiger partial charge in [0.05, 0.1) is 6.61 Å². The summed E-state index contributed by atoms with van der Waals surface area (Å²) in [6, 6.07) is 5.02. The van der Waals surface area contributed by atoms with Crippen molar-refractivity contribution in [3.05, 3.63) is 34.7 Å². The van der Waals surface area contributed by atoms with Crippen LogP contribution in [0.25, 0.3) is 0 Å². The lowest BCUT2D eigenvalue weighted by Gasteiger charge is -2.39. The minimum atomic E-state index is -0.157. The van der Waals surface area contributed by atoms with Crippen molar-refractivity contribution in [3.63, 3.8) is 0 Å². The molecule has 6 heteroatoms. The molecule has 6 nitrogen and oxygen atoms in total. The average molecular weight is 320 g/mol. The first-order valence-electron chi connectivity index (χ1n) is 8.34. The van der Waals surface area contributed by atoms with E-state index in [1.54, 1.807) is 18.3 Å². The summed E-state index contributed by atoms with van der Waals surface area (Å²) in [5, 5.41) is 3.12. The predicted molar refractivity (Wildman–Crippen MR) is 85.1 cm³/mol. The molecule has 0 radical (unpaired) electrons. The SMILES string of the molecule is O=C(Cn1ccccc1=O)N[C@@H]1CCOC[C@@H]1C1CCOCC1. The van der Waals surface area contributed by atoms with E-state index < -0.39 is 0 Å². The van der Waals surface area contributed by atoms with Crippen molar-refractivity contribution in [1.82, 2.24) is 9.88 Å². The zero-order valence-electron chi connectivity index (χ0n) is 13.3. The van der Waals surface area contributed by atoms with E-state index in [9.17, 15) is 9.59 Å². The van der Waals surface area contributed by atoms with Gasteiger partial charge in [0.2, 0.25) is 5.91 Å². The highest BCUT2D eigenvalue weighted by atomic mass is 16.5. The van der Waals surface area contributed by atoms with Crippen molar-refractivity contribution < 1.29 is 14.3 Å². The Kier molecular flexibility index (Phi) is 5.46. The van der Waals surface area contributed by atoms with Gasteiger partial charge in [-0.15, -0.1) is 0 Å². The van der Waals surface area contributed by atoms with Crippen LogP contribution in [0.15, 0.2) is 29.2 Å². The first-order chi connectivity index (χ1) is 11.2. The van der Waals surface area contributed by atoms with Crippen LogP contribution >= 0.6 is 0 Å². The number of hydrogen-bond acceptors (Lipinski definition) is 4. The molecule has 1 aromatic heterocycles. The summed E-state index contributed by atoms with van der Waals surface area (Å²) in [5.41, 5.74) is -0.157. The van der Waals surface area contributed by atoms with Gasteiger partial charge in [-0.3, -0.25) is 9.59 Å². The number of ether oxygens (including phenoxy) is 2. The molecular weight excluding hydrogens is 296 g/mol. The molecule has 0 aliphatic carbocycles. The summed E-state index contributed by atoms with van der Waals surface area (Å²) in [4.78, 5) is 24.0. The third kappa shape index (κ3) is 4.20. The van der Waals surface area contributed by atoms with Crippen LogP contribution in [0.4, 0.5) is 0 Å². The maximum absolute atomic E-state index is 12.3. The third-order valence-electron chi connectivity index (χ3n) is 4.83. The van der Waals surface area contributed by atoms with Gasteiger partial charge in [0, 0.05) is 44.0 Å². The fourth-order valence-electron chi connectivity index (χ4n) is 3.55. The van der Waals surface area contributed by atoms with Crippen LogP contribution in [0.3, 0.4) is 0 Å². The number of hydrogen-bond donors (Lipinski definition) is 1. The summed E-state index contributed by atoms with van der Waals surface area (Å²) < 4.78 is 12.5. The highest BCUT2D eigenvalue weighted by molar-refractivity contribution is 5.76. The van der Waals surface area contributed by atoms with Crippen LogP contribution in [0.1, 0.15) is 19.3 Å². The summed E-state index contributed by atoms with van der Waals surface area (Å²) in [5.74, 6) is 0.764. The van der Waals surface area contributed by atoms with E-state index in [-0.39, 0.29) is 24.1 Å². The van der Waals surface area contributed by atoms with E-state index >= 15 is 0 Å². The van der Waals surface area contributed by atoms with Crippen molar-refractivity contribution in [1.29, 1.82) is 0 Å². The second-order valence-electron chi connectivity index (χ2n) is 6.32. The molecule has 1 amide bonds. The standard InChI is InChI=1S/C17H24N2O4/c20-16(11-19-7-2-1-3-17(19)21)18-15-6-10-23-12-14(15)13-4-8-22-9-5-13/h1-3,7,13-15H,4-6,8-12H2,(H,18,20)/t14-,15-/m1/s1. The number of nitrogens with zero attached hydrogens (tertiary/aromatic N) is 1. The Balaban J connectivity index is 1.61. The Morgan fingerprint density at radius 2 is 1.96 bits per heavy atom. The highest BCUT2D eigenvalue weighted by Crippen LogP contribution is 2.30. The molecule has 23 heavy (non-hydrogen) atoms. The largest absolute Gasteiger partial charge is 0.381 e. The van der Waals surface area contributed by atoms with Crippen LogP contribution in [-0.2, 0) is 20.8 Å². The molecule has 3 rings (SSSR count). The van der Waals surface area contributed by atoms with Gasteiger partial charge in [-0.25, -0.2) is 0 Å². The fraction of sp³-hybridized carbons (Fsp3) is 0.647. The van der Waals surface area contributed by atoms with Crippen molar-refractivity contribution in [2.24, 2.45) is 11.8 Å². The minimum Gasteiger partial charge on any atom is -0.381 e. The Hall–Kier alpha value is -1.66. The number of rotatable bonds is 4. The maximum Gasteiger partial charge on any atom is 0.250 e. The number of nitrogens with one attached hydrogen (secondary N) is 1. The molecule has 2 fully saturated rings. The number of aromatic nitrogens is 1. The first-order valence-corrected chi connectivity index (χ1v) is 8.34. The van der Waals surface area contributed by atoms with Gasteiger partial charge >= 0.3 is 0 Å². The maximum atomic E-state index is 12.3. The second-order valence-corrected chi connectivity index (χ2v) is 6.32. The molecule has 2 atom stereocenters. The molecule has 2 saturated heterocycles. The highest BCUT2D eigenvalue weighted by Gasteiger charge is 2.34. The molecule has 2 aliphatic heterocycles. The molecule has 1 aromatic rings. The first kappa shape index (κ1) is 16.2. The number of pyridine rings is 1. The van der Waals surface area contributed by atoms with Crippen molar-refractivity contribution >= 4 is 5.91 Å². The van der Waals surface area contributed by atoms with Gasteiger partial charge in [-0.1, -0.05) is 6.07 Å². The lowest BCUT2D eigenvalue weighted by Crippen LogP contribution is -2.50. The Morgan fingerprint density at radius 1 is 1.17 bits per heavy atom. The van der Waals surface area contributed by atoms with E-state index in [1.807, 2.05) is 0 Å². The summed E-state index contributed by atoms with van der Waals surface area (Å²) in [6.07, 6.45) is 4.52. The molecule has 2 aliphatic rings. The Labute approximate surface area is 135 Å². The monoisotopic (exact) mass is 320 g/mol. The fourth-order valence-corrected chi connectivity index (χ4v) is 3.55. The number of amides is 1. The lowest BCUT2D eigenvalue weighted by atomic mass is 9.79. The molecule has 1 N–H and O–H groups in total. The van der Waals surface area contributed by atoms with Gasteiger partial charge in [-0.2, -0.15) is 0 Å². The summed E-state index contributed by atoms with van der Waals surface area (Å²) in [6.45, 7) is 3.02. The molecule has 3 heterocycles. The third-order valence-corrected chi connectivity index (χ3v) is 4.83. The smallest absolute Gasteiger partial charge is 0.250 e. The quantitative estimate of drug-likeness (QED) is 0.891. The predicted octanol–water partition coefficient (Wildman–Crippen LogP) is 0.796. The Bertz CT molecular complexity index is 580. The summed E-state index contributed by atoms with van der Waals surface area (Å²) in [7, 11) is 0. The molecule has 126 valence electrons. The molecule has 0 unspecified atom stereocenters. The van der Waals surface area contributed by atoms with Gasteiger partial charge in [0.15, 0.2) is 0 Å². The number of carbonyl (C=O) groups is 1. The lowest BCUT2D eigenvalue weighted by molar-refractivity contribution is -0.124. The van der Waals surface area contributed by atoms with Crippen molar-refractivity contribution in [2.45, 2.75) is 31.8 Å². The van der Waals surface area contributed by atoms with E-state index in [1.165, 1.54) is 10.6 Å². The van der Waals surface area contributed by atoms with E-state index in [4.69, 9.17) is 9.47 Å².